The predicted octanol–water partition coefficient (Wildman–Crippen LogP) is 2.44. The van der Waals surface area contributed by atoms with Crippen LogP contribution in [0.15, 0.2) is 36.8 Å². The van der Waals surface area contributed by atoms with Crippen LogP contribution in [0.4, 0.5) is 36.4 Å². The molecular weight excluding hydrogens is 489 g/mol. The number of amides is 1. The van der Waals surface area contributed by atoms with Crippen molar-refractivity contribution in [1.29, 1.82) is 0 Å². The Balaban J connectivity index is 1.93. The number of hydrogen-bond donors (Lipinski definition) is 3. The maximum atomic E-state index is 13.6. The number of carbonyl (C=O) groups is 1. The van der Waals surface area contributed by atoms with Gasteiger partial charge in [-0.1, -0.05) is 0 Å². The highest BCUT2D eigenvalue weighted by atomic mass is 32.2. The minimum absolute atomic E-state index is 0.0476. The third-order valence-electron chi connectivity index (χ3n) is 4.82. The number of aryl methyl sites for hydroxylation is 1. The fourth-order valence-corrected chi connectivity index (χ4v) is 3.40. The Labute approximate surface area is 198 Å². The molecule has 15 heteroatoms. The van der Waals surface area contributed by atoms with Crippen molar-refractivity contribution in [2.45, 2.75) is 19.6 Å². The van der Waals surface area contributed by atoms with E-state index in [1.165, 1.54) is 37.6 Å². The van der Waals surface area contributed by atoms with Crippen molar-refractivity contribution in [1.82, 2.24) is 19.9 Å². The Morgan fingerprint density at radius 3 is 2.46 bits per heavy atom. The quantitative estimate of drug-likeness (QED) is 0.414. The summed E-state index contributed by atoms with van der Waals surface area (Å²) >= 11 is 0. The summed E-state index contributed by atoms with van der Waals surface area (Å²) in [4.78, 5) is 27.0. The maximum Gasteiger partial charge on any atom is 0.421 e. The average molecular weight is 511 g/mol. The monoisotopic (exact) mass is 510 g/mol. The van der Waals surface area contributed by atoms with Crippen LogP contribution in [0.3, 0.4) is 0 Å². The number of rotatable bonds is 8. The Morgan fingerprint density at radius 1 is 1.17 bits per heavy atom. The molecule has 0 saturated heterocycles. The molecule has 0 fully saturated rings. The molecule has 0 aliphatic carbocycles. The largest absolute Gasteiger partial charge is 0.421 e. The molecule has 11 nitrogen and oxygen atoms in total. The van der Waals surface area contributed by atoms with Crippen molar-refractivity contribution < 1.29 is 26.4 Å². The van der Waals surface area contributed by atoms with Crippen LogP contribution in [-0.2, 0) is 22.7 Å². The van der Waals surface area contributed by atoms with E-state index < -0.39 is 33.5 Å². The third kappa shape index (κ3) is 6.11. The third-order valence-corrected chi connectivity index (χ3v) is 5.99. The smallest absolute Gasteiger partial charge is 0.366 e. The standard InChI is InChI=1S/C20H21F3N8O3S/c1-11-8-12(16(24)32)4-5-14(11)29-19-28-9-13(20(21,22)23)17(30-19)27-10-15-18(26-7-6-25-15)31(2)35(3,33)34/h4-9H,10H2,1-3H3,(H2,24,32)(H2,27,28,29,30). The molecule has 1 aromatic carbocycles. The lowest BCUT2D eigenvalue weighted by molar-refractivity contribution is -0.137. The highest BCUT2D eigenvalue weighted by molar-refractivity contribution is 7.92. The van der Waals surface area contributed by atoms with Gasteiger partial charge in [-0.25, -0.2) is 18.4 Å². The van der Waals surface area contributed by atoms with Gasteiger partial charge in [0.1, 0.15) is 17.1 Å². The minimum Gasteiger partial charge on any atom is -0.366 e. The average Bonchev–Trinajstić information content (AvgIpc) is 2.77. The van der Waals surface area contributed by atoms with Crippen LogP contribution in [0.25, 0.3) is 0 Å². The van der Waals surface area contributed by atoms with Gasteiger partial charge < -0.3 is 16.4 Å². The number of carbonyl (C=O) groups excluding carboxylic acids is 1. The van der Waals surface area contributed by atoms with Gasteiger partial charge in [-0.3, -0.25) is 14.1 Å². The van der Waals surface area contributed by atoms with Gasteiger partial charge >= 0.3 is 6.18 Å². The van der Waals surface area contributed by atoms with E-state index in [4.69, 9.17) is 5.73 Å². The number of halogens is 3. The van der Waals surface area contributed by atoms with Gasteiger partial charge in [-0.15, -0.1) is 0 Å². The zero-order valence-electron chi connectivity index (χ0n) is 18.8. The molecular formula is C20H21F3N8O3S. The lowest BCUT2D eigenvalue weighted by atomic mass is 10.1. The van der Waals surface area contributed by atoms with Gasteiger partial charge in [-0.05, 0) is 30.7 Å². The molecule has 4 N–H and O–H groups in total. The number of aromatic nitrogens is 4. The summed E-state index contributed by atoms with van der Waals surface area (Å²) < 4.78 is 65.4. The van der Waals surface area contributed by atoms with E-state index in [1.807, 2.05) is 0 Å². The first-order chi connectivity index (χ1) is 16.3. The van der Waals surface area contributed by atoms with E-state index in [0.717, 1.165) is 10.6 Å². The molecule has 0 radical (unpaired) electrons. The highest BCUT2D eigenvalue weighted by Crippen LogP contribution is 2.34. The van der Waals surface area contributed by atoms with Gasteiger partial charge in [0, 0.05) is 36.9 Å². The molecule has 186 valence electrons. The fraction of sp³-hybridized carbons (Fsp3) is 0.250. The molecule has 0 unspecified atom stereocenters. The van der Waals surface area contributed by atoms with Crippen LogP contribution in [0.2, 0.25) is 0 Å². The topological polar surface area (TPSA) is 156 Å². The molecule has 3 aromatic rings. The van der Waals surface area contributed by atoms with Gasteiger partial charge in [0.05, 0.1) is 12.8 Å². The Kier molecular flexibility index (Phi) is 7.09. The number of benzene rings is 1. The number of primary amides is 1. The van der Waals surface area contributed by atoms with Crippen molar-refractivity contribution >= 4 is 39.2 Å². The second kappa shape index (κ2) is 9.69. The van der Waals surface area contributed by atoms with Crippen LogP contribution < -0.4 is 20.7 Å². The lowest BCUT2D eigenvalue weighted by Gasteiger charge is -2.19. The van der Waals surface area contributed by atoms with E-state index in [0.29, 0.717) is 17.4 Å². The Bertz CT molecular complexity index is 1370. The molecule has 3 rings (SSSR count). The van der Waals surface area contributed by atoms with Crippen molar-refractivity contribution in [2.24, 2.45) is 5.73 Å². The second-order valence-electron chi connectivity index (χ2n) is 7.38. The molecule has 0 bridgehead atoms. The van der Waals surface area contributed by atoms with Crippen LogP contribution >= 0.6 is 0 Å². The molecule has 0 aliphatic heterocycles. The molecule has 2 aromatic heterocycles. The van der Waals surface area contributed by atoms with E-state index >= 15 is 0 Å². The first kappa shape index (κ1) is 25.6. The van der Waals surface area contributed by atoms with Crippen LogP contribution in [0, 0.1) is 6.92 Å². The lowest BCUT2D eigenvalue weighted by Crippen LogP contribution is -2.27. The van der Waals surface area contributed by atoms with Crippen LogP contribution in [0.1, 0.15) is 27.2 Å². The number of nitrogens with two attached hydrogens (primary N) is 1. The summed E-state index contributed by atoms with van der Waals surface area (Å²) in [5.74, 6) is -1.38. The zero-order chi connectivity index (χ0) is 26.0. The summed E-state index contributed by atoms with van der Waals surface area (Å²) in [6, 6.07) is 4.49. The summed E-state index contributed by atoms with van der Waals surface area (Å²) in [6.07, 6.45) is -0.645. The van der Waals surface area contributed by atoms with Gasteiger partial charge in [0.15, 0.2) is 5.82 Å². The van der Waals surface area contributed by atoms with E-state index in [-0.39, 0.29) is 29.6 Å². The Hall–Kier alpha value is -4.01. The van der Waals surface area contributed by atoms with Crippen molar-refractivity contribution in [2.75, 3.05) is 28.2 Å². The maximum absolute atomic E-state index is 13.6. The van der Waals surface area contributed by atoms with Crippen LogP contribution in [-0.4, -0.2) is 47.6 Å². The summed E-state index contributed by atoms with van der Waals surface area (Å²) in [5, 5.41) is 5.36. The summed E-state index contributed by atoms with van der Waals surface area (Å²) in [7, 11) is -2.44. The molecule has 0 spiro atoms. The van der Waals surface area contributed by atoms with Crippen molar-refractivity contribution in [3.63, 3.8) is 0 Å². The Morgan fingerprint density at radius 2 is 1.86 bits per heavy atom. The van der Waals surface area contributed by atoms with Crippen molar-refractivity contribution in [3.05, 3.63) is 59.2 Å². The van der Waals surface area contributed by atoms with E-state index in [2.05, 4.69) is 30.6 Å². The minimum atomic E-state index is -4.77. The molecule has 0 aliphatic rings. The van der Waals surface area contributed by atoms with Crippen molar-refractivity contribution in [3.8, 4) is 0 Å². The highest BCUT2D eigenvalue weighted by Gasteiger charge is 2.35. The van der Waals surface area contributed by atoms with Gasteiger partial charge in [-0.2, -0.15) is 18.2 Å². The van der Waals surface area contributed by atoms with Gasteiger partial charge in [0.25, 0.3) is 0 Å². The normalized spacial score (nSPS) is 11.7. The first-order valence-corrected chi connectivity index (χ1v) is 11.7. The summed E-state index contributed by atoms with van der Waals surface area (Å²) in [6.45, 7) is 1.36. The fourth-order valence-electron chi connectivity index (χ4n) is 2.93. The first-order valence-electron chi connectivity index (χ1n) is 9.86. The van der Waals surface area contributed by atoms with Gasteiger partial charge in [0.2, 0.25) is 21.9 Å². The zero-order valence-corrected chi connectivity index (χ0v) is 19.6. The molecule has 2 heterocycles. The number of sulfonamides is 1. The number of hydrogen-bond acceptors (Lipinski definition) is 9. The second-order valence-corrected chi connectivity index (χ2v) is 9.40. The molecule has 0 saturated carbocycles. The number of nitrogens with one attached hydrogen (secondary N) is 2. The molecule has 1 amide bonds. The number of alkyl halides is 3. The molecule has 35 heavy (non-hydrogen) atoms. The predicted molar refractivity (Wildman–Crippen MR) is 123 cm³/mol. The number of anilines is 4. The molecule has 0 atom stereocenters. The SMILES string of the molecule is Cc1cc(C(N)=O)ccc1Nc1ncc(C(F)(F)F)c(NCc2nccnc2N(C)S(C)(=O)=O)n1. The van der Waals surface area contributed by atoms with E-state index in [9.17, 15) is 26.4 Å². The number of nitrogens with zero attached hydrogens (tertiary/aromatic N) is 5. The van der Waals surface area contributed by atoms with Crippen LogP contribution in [0.5, 0.6) is 0 Å². The van der Waals surface area contributed by atoms with E-state index in [1.54, 1.807) is 6.92 Å². The summed E-state index contributed by atoms with van der Waals surface area (Å²) in [5.41, 5.74) is 5.51.